The molecule has 1 aromatic rings. The van der Waals surface area contributed by atoms with Crippen molar-refractivity contribution in [1.82, 2.24) is 0 Å². The highest BCUT2D eigenvalue weighted by Crippen LogP contribution is 2.47. The first kappa shape index (κ1) is 17.4. The molecule has 1 heterocycles. The summed E-state index contributed by atoms with van der Waals surface area (Å²) in [6, 6.07) is 11.8. The zero-order valence-corrected chi connectivity index (χ0v) is 13.5. The van der Waals surface area contributed by atoms with E-state index in [4.69, 9.17) is 20.0 Å². The maximum absolute atomic E-state index is 9.40. The molecule has 0 bridgehead atoms. The van der Waals surface area contributed by atoms with Crippen molar-refractivity contribution in [2.75, 3.05) is 7.11 Å². The number of hydrogen-bond donors (Lipinski definition) is 1. The molecule has 0 fully saturated rings. The Labute approximate surface area is 144 Å². The molecule has 0 saturated carbocycles. The van der Waals surface area contributed by atoms with Crippen LogP contribution in [0.15, 0.2) is 52.0 Å². The second-order valence-electron chi connectivity index (χ2n) is 4.73. The molecule has 8 nitrogen and oxygen atoms in total. The maximum atomic E-state index is 9.40. The smallest absolute Gasteiger partial charge is 0.333 e. The van der Waals surface area contributed by atoms with Crippen LogP contribution in [-0.4, -0.2) is 13.3 Å². The first-order chi connectivity index (χ1) is 12.1. The molecule has 25 heavy (non-hydrogen) atoms. The molecule has 0 saturated heterocycles. The van der Waals surface area contributed by atoms with Gasteiger partial charge in [-0.25, -0.2) is 0 Å². The molecule has 2 N–H and O–H groups in total. The summed E-state index contributed by atoms with van der Waals surface area (Å²) in [5.41, 5.74) is 5.57. The van der Waals surface area contributed by atoms with E-state index in [-0.39, 0.29) is 22.6 Å². The van der Waals surface area contributed by atoms with E-state index in [1.54, 1.807) is 43.3 Å². The molecule has 1 aliphatic heterocycles. The number of benzene rings is 1. The Balaban J connectivity index is 2.80. The van der Waals surface area contributed by atoms with E-state index in [2.05, 4.69) is 5.16 Å². The molecule has 1 aliphatic rings. The van der Waals surface area contributed by atoms with Crippen molar-refractivity contribution in [1.29, 1.82) is 15.8 Å². The third-order valence-corrected chi connectivity index (χ3v) is 3.42. The molecule has 1 unspecified atom stereocenters. The van der Waals surface area contributed by atoms with Gasteiger partial charge >= 0.3 is 5.79 Å². The van der Waals surface area contributed by atoms with E-state index in [0.717, 1.165) is 0 Å². The van der Waals surface area contributed by atoms with E-state index in [1.807, 2.05) is 6.07 Å². The van der Waals surface area contributed by atoms with Gasteiger partial charge in [-0.05, 0) is 31.2 Å². The number of rotatable bonds is 4. The standard InChI is InChI=1S/C17H13N5O3/c1-3-22-25-17(12-4-6-13(23-2)7-5-12)15(11(8-18)9-19)14(10-20)16(21)24-17/h3-7H,21H2,1-2H3. The minimum Gasteiger partial charge on any atom is -0.497 e. The van der Waals surface area contributed by atoms with Gasteiger partial charge in [0.25, 0.3) is 0 Å². The summed E-state index contributed by atoms with van der Waals surface area (Å²) in [6.45, 7) is 1.61. The Morgan fingerprint density at radius 2 is 1.88 bits per heavy atom. The highest BCUT2D eigenvalue weighted by molar-refractivity contribution is 5.62. The molecule has 8 heteroatoms. The lowest BCUT2D eigenvalue weighted by atomic mass is 9.90. The van der Waals surface area contributed by atoms with Crippen LogP contribution in [0.25, 0.3) is 0 Å². The van der Waals surface area contributed by atoms with Crippen LogP contribution < -0.4 is 10.5 Å². The maximum Gasteiger partial charge on any atom is 0.333 e. The third-order valence-electron chi connectivity index (χ3n) is 3.42. The summed E-state index contributed by atoms with van der Waals surface area (Å²) in [7, 11) is 1.51. The van der Waals surface area contributed by atoms with Crippen LogP contribution >= 0.6 is 0 Å². The van der Waals surface area contributed by atoms with E-state index in [9.17, 15) is 15.8 Å². The van der Waals surface area contributed by atoms with Gasteiger partial charge in [0, 0.05) is 11.8 Å². The van der Waals surface area contributed by atoms with Crippen molar-refractivity contribution < 1.29 is 14.3 Å². The zero-order chi connectivity index (χ0) is 18.4. The average Bonchev–Trinajstić information content (AvgIpc) is 2.94. The van der Waals surface area contributed by atoms with Crippen molar-refractivity contribution in [2.24, 2.45) is 10.9 Å². The van der Waals surface area contributed by atoms with Crippen LogP contribution in [0.5, 0.6) is 5.75 Å². The lowest BCUT2D eigenvalue weighted by molar-refractivity contribution is -0.186. The number of methoxy groups -OCH3 is 1. The van der Waals surface area contributed by atoms with Crippen molar-refractivity contribution in [3.05, 3.63) is 52.4 Å². The number of ether oxygens (including phenoxy) is 2. The van der Waals surface area contributed by atoms with Gasteiger partial charge in [-0.15, -0.1) is 0 Å². The first-order valence-corrected chi connectivity index (χ1v) is 7.02. The number of nitriles is 3. The number of nitrogens with zero attached hydrogens (tertiary/aromatic N) is 4. The lowest BCUT2D eigenvalue weighted by Crippen LogP contribution is -2.31. The van der Waals surface area contributed by atoms with Crippen LogP contribution in [-0.2, 0) is 15.4 Å². The van der Waals surface area contributed by atoms with E-state index < -0.39 is 5.79 Å². The van der Waals surface area contributed by atoms with E-state index >= 15 is 0 Å². The van der Waals surface area contributed by atoms with Gasteiger partial charge in [0.2, 0.25) is 5.88 Å². The molecule has 0 aliphatic carbocycles. The van der Waals surface area contributed by atoms with Crippen LogP contribution in [0.3, 0.4) is 0 Å². The van der Waals surface area contributed by atoms with Crippen molar-refractivity contribution in [3.63, 3.8) is 0 Å². The first-order valence-electron chi connectivity index (χ1n) is 7.02. The SMILES string of the molecule is CC=NOC1(c2ccc(OC)cc2)OC(N)=C(C#N)C1=C(C#N)C#N. The Hall–Kier alpha value is -3.96. The van der Waals surface area contributed by atoms with Gasteiger partial charge in [0.05, 0.1) is 12.7 Å². The van der Waals surface area contributed by atoms with Crippen LogP contribution in [0, 0.1) is 34.0 Å². The summed E-state index contributed by atoms with van der Waals surface area (Å²) in [5, 5.41) is 31.7. The largest absolute Gasteiger partial charge is 0.497 e. The fourth-order valence-electron chi connectivity index (χ4n) is 2.34. The van der Waals surface area contributed by atoms with Crippen molar-refractivity contribution >= 4 is 6.21 Å². The van der Waals surface area contributed by atoms with Gasteiger partial charge in [-0.3, -0.25) is 0 Å². The molecule has 1 aromatic carbocycles. The normalized spacial score (nSPS) is 18.9. The number of oxime groups is 1. The Morgan fingerprint density at radius 3 is 2.36 bits per heavy atom. The Morgan fingerprint density at radius 1 is 1.24 bits per heavy atom. The minimum absolute atomic E-state index is 0.0896. The molecule has 0 aromatic heterocycles. The number of nitrogens with two attached hydrogens (primary N) is 1. The highest BCUT2D eigenvalue weighted by Gasteiger charge is 2.52. The molecular formula is C17H13N5O3. The zero-order valence-electron chi connectivity index (χ0n) is 13.5. The Bertz CT molecular complexity index is 878. The quantitative estimate of drug-likeness (QED) is 0.504. The summed E-state index contributed by atoms with van der Waals surface area (Å²) in [5.74, 6) is -1.51. The van der Waals surface area contributed by atoms with Gasteiger partial charge in [0.1, 0.15) is 35.1 Å². The third kappa shape index (κ3) is 2.83. The molecule has 124 valence electrons. The fourth-order valence-corrected chi connectivity index (χ4v) is 2.34. The molecular weight excluding hydrogens is 322 g/mol. The number of hydrogen-bond acceptors (Lipinski definition) is 8. The molecule has 0 spiro atoms. The van der Waals surface area contributed by atoms with Gasteiger partial charge in [-0.1, -0.05) is 5.16 Å². The Kier molecular flexibility index (Phi) is 4.92. The summed E-state index contributed by atoms with van der Waals surface area (Å²) in [4.78, 5) is 5.47. The van der Waals surface area contributed by atoms with Gasteiger partial charge in [0.15, 0.2) is 0 Å². The molecule has 1 atom stereocenters. The lowest BCUT2D eigenvalue weighted by Gasteiger charge is -2.28. The summed E-state index contributed by atoms with van der Waals surface area (Å²) in [6.07, 6.45) is 1.35. The van der Waals surface area contributed by atoms with E-state index in [1.165, 1.54) is 13.3 Å². The fraction of sp³-hybridized carbons (Fsp3) is 0.176. The predicted molar refractivity (Wildman–Crippen MR) is 86.1 cm³/mol. The monoisotopic (exact) mass is 335 g/mol. The van der Waals surface area contributed by atoms with Crippen LogP contribution in [0.1, 0.15) is 12.5 Å². The topological polar surface area (TPSA) is 137 Å². The highest BCUT2D eigenvalue weighted by atomic mass is 16.8. The van der Waals surface area contributed by atoms with Crippen LogP contribution in [0.4, 0.5) is 0 Å². The molecule has 0 radical (unpaired) electrons. The molecule has 0 amide bonds. The van der Waals surface area contributed by atoms with Crippen molar-refractivity contribution in [2.45, 2.75) is 12.7 Å². The van der Waals surface area contributed by atoms with Gasteiger partial charge in [-0.2, -0.15) is 15.8 Å². The summed E-state index contributed by atoms with van der Waals surface area (Å²) >= 11 is 0. The molecule has 2 rings (SSSR count). The number of allylic oxidation sites excluding steroid dienone is 1. The second-order valence-corrected chi connectivity index (χ2v) is 4.73. The minimum atomic E-state index is -1.82. The summed E-state index contributed by atoms with van der Waals surface area (Å²) < 4.78 is 10.7. The predicted octanol–water partition coefficient (Wildman–Crippen LogP) is 1.94. The van der Waals surface area contributed by atoms with E-state index in [0.29, 0.717) is 11.3 Å². The van der Waals surface area contributed by atoms with Crippen molar-refractivity contribution in [3.8, 4) is 24.0 Å². The van der Waals surface area contributed by atoms with Gasteiger partial charge < -0.3 is 20.0 Å². The van der Waals surface area contributed by atoms with Crippen LogP contribution in [0.2, 0.25) is 0 Å². The second kappa shape index (κ2) is 7.08. The average molecular weight is 335 g/mol.